The van der Waals surface area contributed by atoms with Crippen LogP contribution < -0.4 is 9.47 Å². The highest BCUT2D eigenvalue weighted by Gasteiger charge is 2.26. The number of hydrogen-bond donors (Lipinski definition) is 0. The number of unbranched alkanes of at least 4 members (excludes halogenated alkanes) is 6. The Kier molecular flexibility index (Phi) is 11.0. The third kappa shape index (κ3) is 7.48. The van der Waals surface area contributed by atoms with E-state index in [1.165, 1.54) is 49.7 Å². The third-order valence-electron chi connectivity index (χ3n) is 10.1. The van der Waals surface area contributed by atoms with Crippen LogP contribution in [0.2, 0.25) is 0 Å². The van der Waals surface area contributed by atoms with E-state index in [4.69, 9.17) is 29.4 Å². The van der Waals surface area contributed by atoms with E-state index in [0.717, 1.165) is 105 Å². The predicted octanol–water partition coefficient (Wildman–Crippen LogP) is 11.3. The quantitative estimate of drug-likeness (QED) is 0.185. The number of hydrogen-bond acceptors (Lipinski definition) is 6. The van der Waals surface area contributed by atoms with Crippen LogP contribution in [-0.4, -0.2) is 37.1 Å². The first-order chi connectivity index (χ1) is 25.6. The van der Waals surface area contributed by atoms with E-state index in [0.29, 0.717) is 0 Å². The summed E-state index contributed by atoms with van der Waals surface area (Å²) >= 11 is 0. The zero-order chi connectivity index (χ0) is 35.9. The zero-order valence-electron chi connectivity index (χ0n) is 30.9. The Morgan fingerprint density at radius 2 is 0.769 bits per heavy atom. The first-order valence-corrected chi connectivity index (χ1v) is 18.9. The summed E-state index contributed by atoms with van der Waals surface area (Å²) in [6.45, 7) is 4.52. The summed E-state index contributed by atoms with van der Waals surface area (Å²) in [4.78, 5) is 21.4. The van der Waals surface area contributed by atoms with Crippen LogP contribution >= 0.6 is 0 Å². The fraction of sp³-hybridized carbons (Fsp3) is 0.304. The van der Waals surface area contributed by atoms with E-state index < -0.39 is 0 Å². The van der Waals surface area contributed by atoms with Gasteiger partial charge in [-0.25, -0.2) is 20.0 Å². The second-order valence-electron chi connectivity index (χ2n) is 13.6. The summed E-state index contributed by atoms with van der Waals surface area (Å²) in [6.07, 6.45) is 28.5. The molecule has 2 aromatic carbocycles. The number of nitrogens with zero attached hydrogens (tertiary/aromatic N) is 4. The van der Waals surface area contributed by atoms with Crippen molar-refractivity contribution in [1.29, 1.82) is 0 Å². The first kappa shape index (κ1) is 35.1. The topological polar surface area (TPSA) is 67.9 Å². The van der Waals surface area contributed by atoms with Gasteiger partial charge in [-0.15, -0.1) is 0 Å². The highest BCUT2D eigenvalue weighted by atomic mass is 16.5. The Morgan fingerprint density at radius 3 is 1.19 bits per heavy atom. The van der Waals surface area contributed by atoms with Crippen molar-refractivity contribution in [2.45, 2.75) is 78.1 Å². The molecule has 0 fully saturated rings. The van der Waals surface area contributed by atoms with Gasteiger partial charge in [0.1, 0.15) is 11.5 Å². The second kappa shape index (κ2) is 16.3. The molecule has 0 N–H and O–H groups in total. The summed E-state index contributed by atoms with van der Waals surface area (Å²) in [6, 6.07) is 16.3. The lowest BCUT2D eigenvalue weighted by Gasteiger charge is -2.13. The molecule has 0 amide bonds. The molecule has 0 saturated carbocycles. The van der Waals surface area contributed by atoms with Crippen LogP contribution in [0.3, 0.4) is 0 Å². The molecular weight excluding hydrogens is 641 g/mol. The Bertz CT molecular complexity index is 2030. The van der Waals surface area contributed by atoms with Crippen LogP contribution in [0, 0.1) is 0 Å². The van der Waals surface area contributed by atoms with E-state index in [9.17, 15) is 0 Å². The molecule has 5 aliphatic rings. The van der Waals surface area contributed by atoms with Gasteiger partial charge in [-0.2, -0.15) is 0 Å². The fourth-order valence-electron chi connectivity index (χ4n) is 7.28. The number of allylic oxidation sites excluding steroid dienone is 12. The van der Waals surface area contributed by atoms with Crippen LogP contribution in [0.25, 0.3) is 11.1 Å². The minimum Gasteiger partial charge on any atom is -0.497 e. The first-order valence-electron chi connectivity index (χ1n) is 18.9. The molecule has 0 saturated heterocycles. The molecule has 0 aromatic heterocycles. The molecule has 7 rings (SSSR count). The summed E-state index contributed by atoms with van der Waals surface area (Å²) in [5.74, 6) is 1.61. The molecular formula is C46H48N4O2. The van der Waals surface area contributed by atoms with Crippen LogP contribution in [0.5, 0.6) is 11.5 Å². The lowest BCUT2D eigenvalue weighted by molar-refractivity contribution is 0.414. The fourth-order valence-corrected chi connectivity index (χ4v) is 7.28. The highest BCUT2D eigenvalue weighted by Crippen LogP contribution is 2.37. The molecule has 6 nitrogen and oxygen atoms in total. The number of ether oxygens (including phenoxy) is 2. The predicted molar refractivity (Wildman–Crippen MR) is 218 cm³/mol. The summed E-state index contributed by atoms with van der Waals surface area (Å²) < 4.78 is 11.0. The zero-order valence-corrected chi connectivity index (χ0v) is 30.9. The molecule has 8 bridgehead atoms. The van der Waals surface area contributed by atoms with Crippen molar-refractivity contribution in [3.05, 3.63) is 142 Å². The van der Waals surface area contributed by atoms with E-state index in [-0.39, 0.29) is 0 Å². The lowest BCUT2D eigenvalue weighted by atomic mass is 9.98. The molecule has 0 atom stereocenters. The van der Waals surface area contributed by atoms with Gasteiger partial charge >= 0.3 is 0 Å². The Balaban J connectivity index is 1.45. The number of rotatable bonds is 14. The minimum absolute atomic E-state index is 0.806. The molecule has 0 spiro atoms. The maximum absolute atomic E-state index is 5.52. The van der Waals surface area contributed by atoms with Crippen molar-refractivity contribution in [3.8, 4) is 11.5 Å². The van der Waals surface area contributed by atoms with Crippen molar-refractivity contribution in [2.24, 2.45) is 20.0 Å². The van der Waals surface area contributed by atoms with Crippen LogP contribution in [-0.2, 0) is 0 Å². The van der Waals surface area contributed by atoms with Gasteiger partial charge in [-0.05, 0) is 110 Å². The van der Waals surface area contributed by atoms with Crippen LogP contribution in [0.4, 0.5) is 0 Å². The Hall–Kier alpha value is -5.36. The van der Waals surface area contributed by atoms with E-state index in [1.807, 2.05) is 24.3 Å². The molecule has 6 heteroatoms. The van der Waals surface area contributed by atoms with Crippen molar-refractivity contribution in [3.63, 3.8) is 0 Å². The van der Waals surface area contributed by atoms with Gasteiger partial charge in [0.25, 0.3) is 0 Å². The summed E-state index contributed by atoms with van der Waals surface area (Å²) in [7, 11) is 3.39. The van der Waals surface area contributed by atoms with Gasteiger partial charge in [0.15, 0.2) is 0 Å². The Labute approximate surface area is 308 Å². The minimum atomic E-state index is 0.806. The van der Waals surface area contributed by atoms with Gasteiger partial charge < -0.3 is 9.47 Å². The van der Waals surface area contributed by atoms with Crippen molar-refractivity contribution >= 4 is 34.0 Å². The van der Waals surface area contributed by atoms with Crippen molar-refractivity contribution < 1.29 is 9.47 Å². The molecule has 264 valence electrons. The second-order valence-corrected chi connectivity index (χ2v) is 13.6. The van der Waals surface area contributed by atoms with Crippen molar-refractivity contribution in [1.82, 2.24) is 0 Å². The standard InChI is InChI=1S/C46H48N4O2/c1-5-7-9-11-13-35-37-23-24-38(47-37)36(14-12-10-8-6-2)40-26-28-42(49-40)46(32-17-21-34(52-4)22-18-32)44-30-29-43(50-44)45(41-27-25-39(35)48-41)31-15-19-33(51-3)20-16-31/h15-30H,5-14H2,1-4H3. The van der Waals surface area contributed by atoms with Crippen LogP contribution in [0.1, 0.15) is 89.2 Å². The lowest BCUT2D eigenvalue weighted by Crippen LogP contribution is -2.04. The highest BCUT2D eigenvalue weighted by molar-refractivity contribution is 6.36. The van der Waals surface area contributed by atoms with Gasteiger partial charge in [-0.1, -0.05) is 76.6 Å². The number of aliphatic imine (C=N–C) groups is 4. The third-order valence-corrected chi connectivity index (χ3v) is 10.1. The van der Waals surface area contributed by atoms with E-state index >= 15 is 0 Å². The van der Waals surface area contributed by atoms with E-state index in [2.05, 4.69) is 86.7 Å². The van der Waals surface area contributed by atoms with Crippen LogP contribution in [0.15, 0.2) is 151 Å². The maximum Gasteiger partial charge on any atom is 0.118 e. The molecule has 5 heterocycles. The molecule has 0 radical (unpaired) electrons. The van der Waals surface area contributed by atoms with Crippen molar-refractivity contribution in [2.75, 3.05) is 14.2 Å². The summed E-state index contributed by atoms with van der Waals surface area (Å²) in [5, 5.41) is 0. The number of benzene rings is 2. The van der Waals surface area contributed by atoms with Gasteiger partial charge in [-0.3, -0.25) is 0 Å². The number of fused-ring (bicyclic) bond motifs is 4. The molecule has 0 aliphatic carbocycles. The number of methoxy groups -OCH3 is 2. The molecule has 0 unspecified atom stereocenters. The largest absolute Gasteiger partial charge is 0.497 e. The molecule has 2 aromatic rings. The average molecular weight is 689 g/mol. The van der Waals surface area contributed by atoms with Gasteiger partial charge in [0.2, 0.25) is 0 Å². The van der Waals surface area contributed by atoms with Gasteiger partial charge in [0.05, 0.1) is 59.9 Å². The normalized spacial score (nSPS) is 17.5. The average Bonchev–Trinajstić information content (AvgIpc) is 4.02. The SMILES string of the molecule is CCCCCCC1=C2C=CC(=N2)C(CCCCCC)=C2C=CC(=N2)C(c2ccc(OC)cc2)=C2C=CC(=N2)C(c2ccc(OC)cc2)=C2C=CC1=N2. The molecule has 5 aliphatic heterocycles. The van der Waals surface area contributed by atoms with Gasteiger partial charge in [0, 0.05) is 22.3 Å². The smallest absolute Gasteiger partial charge is 0.118 e. The Morgan fingerprint density at radius 1 is 0.404 bits per heavy atom. The maximum atomic E-state index is 5.52. The van der Waals surface area contributed by atoms with E-state index in [1.54, 1.807) is 14.2 Å². The molecule has 52 heavy (non-hydrogen) atoms. The monoisotopic (exact) mass is 688 g/mol. The summed E-state index contributed by atoms with van der Waals surface area (Å²) in [5.41, 5.74) is 13.8.